The van der Waals surface area contributed by atoms with Gasteiger partial charge in [0.05, 0.1) is 29.4 Å². The predicted molar refractivity (Wildman–Crippen MR) is 131 cm³/mol. The minimum Gasteiger partial charge on any atom is -0.389 e. The van der Waals surface area contributed by atoms with Gasteiger partial charge in [0.1, 0.15) is 23.1 Å². The minimum atomic E-state index is -0.981. The third-order valence-corrected chi connectivity index (χ3v) is 5.58. The fraction of sp³-hybridized carbons (Fsp3) is 0.192. The Balaban J connectivity index is 1.61. The SMILES string of the molecule is Cn1cc(-c2ccn3c(-c4cc(NCC(C)(C)O)nc(-c5ccc(F)cc5F)c4)cnc3c2)cn1. The molecule has 0 fully saturated rings. The molecule has 0 aliphatic rings. The maximum atomic E-state index is 14.6. The van der Waals surface area contributed by atoms with Crippen LogP contribution in [-0.4, -0.2) is 41.4 Å². The number of nitrogens with one attached hydrogen (secondary N) is 1. The molecule has 1 aromatic carbocycles. The molecule has 0 radical (unpaired) electrons. The van der Waals surface area contributed by atoms with E-state index in [1.165, 1.54) is 12.1 Å². The number of anilines is 1. The maximum absolute atomic E-state index is 14.6. The molecule has 4 heterocycles. The van der Waals surface area contributed by atoms with E-state index in [0.717, 1.165) is 34.1 Å². The van der Waals surface area contributed by atoms with Crippen molar-refractivity contribution in [1.82, 2.24) is 24.1 Å². The quantitative estimate of drug-likeness (QED) is 0.365. The van der Waals surface area contributed by atoms with Crippen LogP contribution < -0.4 is 5.32 Å². The zero-order valence-electron chi connectivity index (χ0n) is 19.5. The molecule has 0 amide bonds. The van der Waals surface area contributed by atoms with E-state index < -0.39 is 17.2 Å². The summed E-state index contributed by atoms with van der Waals surface area (Å²) in [5.41, 5.74) is 3.74. The molecule has 0 unspecified atom stereocenters. The molecule has 0 aliphatic heterocycles. The van der Waals surface area contributed by atoms with Gasteiger partial charge in [0, 0.05) is 48.7 Å². The lowest BCUT2D eigenvalue weighted by molar-refractivity contribution is 0.0944. The number of nitrogens with zero attached hydrogens (tertiary/aromatic N) is 5. The van der Waals surface area contributed by atoms with Crippen LogP contribution in [-0.2, 0) is 7.05 Å². The Morgan fingerprint density at radius 1 is 1.00 bits per heavy atom. The van der Waals surface area contributed by atoms with Crippen molar-refractivity contribution in [3.8, 4) is 33.6 Å². The molecule has 178 valence electrons. The lowest BCUT2D eigenvalue weighted by Gasteiger charge is -2.19. The van der Waals surface area contributed by atoms with Crippen molar-refractivity contribution in [2.24, 2.45) is 7.05 Å². The van der Waals surface area contributed by atoms with Gasteiger partial charge in [-0.3, -0.25) is 9.08 Å². The average Bonchev–Trinajstić information content (AvgIpc) is 3.43. The van der Waals surface area contributed by atoms with Crippen LogP contribution >= 0.6 is 0 Å². The highest BCUT2D eigenvalue weighted by atomic mass is 19.1. The first kappa shape index (κ1) is 22.7. The topological polar surface area (TPSA) is 80.3 Å². The maximum Gasteiger partial charge on any atom is 0.137 e. The van der Waals surface area contributed by atoms with E-state index in [2.05, 4.69) is 20.4 Å². The molecule has 9 heteroatoms. The number of pyridine rings is 2. The van der Waals surface area contributed by atoms with E-state index in [0.29, 0.717) is 11.5 Å². The van der Waals surface area contributed by atoms with Crippen LogP contribution in [0.3, 0.4) is 0 Å². The summed E-state index contributed by atoms with van der Waals surface area (Å²) >= 11 is 0. The fourth-order valence-corrected chi connectivity index (χ4v) is 3.86. The second kappa shape index (κ2) is 8.59. The van der Waals surface area contributed by atoms with Crippen molar-refractivity contribution in [2.45, 2.75) is 19.4 Å². The zero-order valence-corrected chi connectivity index (χ0v) is 19.5. The van der Waals surface area contributed by atoms with Gasteiger partial charge in [-0.2, -0.15) is 5.10 Å². The number of hydrogen-bond acceptors (Lipinski definition) is 5. The van der Waals surface area contributed by atoms with Crippen molar-refractivity contribution in [1.29, 1.82) is 0 Å². The third kappa shape index (κ3) is 4.76. The first-order chi connectivity index (χ1) is 16.7. The highest BCUT2D eigenvalue weighted by Crippen LogP contribution is 2.31. The van der Waals surface area contributed by atoms with E-state index in [9.17, 15) is 13.9 Å². The summed E-state index contributed by atoms with van der Waals surface area (Å²) in [5.74, 6) is -0.915. The lowest BCUT2D eigenvalue weighted by atomic mass is 10.1. The molecular formula is C26H24F2N6O. The molecule has 0 saturated carbocycles. The van der Waals surface area contributed by atoms with Crippen LogP contribution in [0.1, 0.15) is 13.8 Å². The number of fused-ring (bicyclic) bond motifs is 1. The minimum absolute atomic E-state index is 0.173. The van der Waals surface area contributed by atoms with Crippen molar-refractivity contribution < 1.29 is 13.9 Å². The molecule has 5 aromatic rings. The number of aromatic nitrogens is 5. The summed E-state index contributed by atoms with van der Waals surface area (Å²) in [6, 6.07) is 10.9. The van der Waals surface area contributed by atoms with E-state index in [1.54, 1.807) is 37.0 Å². The van der Waals surface area contributed by atoms with Gasteiger partial charge in [-0.15, -0.1) is 0 Å². The van der Waals surface area contributed by atoms with Gasteiger partial charge < -0.3 is 10.4 Å². The number of hydrogen-bond donors (Lipinski definition) is 2. The van der Waals surface area contributed by atoms with Crippen molar-refractivity contribution >= 4 is 11.5 Å². The van der Waals surface area contributed by atoms with E-state index in [1.807, 2.05) is 42.0 Å². The summed E-state index contributed by atoms with van der Waals surface area (Å²) in [5, 5.41) is 17.5. The summed E-state index contributed by atoms with van der Waals surface area (Å²) in [6.45, 7) is 3.58. The van der Waals surface area contributed by atoms with Crippen molar-refractivity contribution in [3.05, 3.63) is 78.9 Å². The molecule has 35 heavy (non-hydrogen) atoms. The molecule has 2 N–H and O–H groups in total. The number of halogens is 2. The Hall–Kier alpha value is -4.11. The Morgan fingerprint density at radius 3 is 2.54 bits per heavy atom. The first-order valence-corrected chi connectivity index (χ1v) is 11.1. The summed E-state index contributed by atoms with van der Waals surface area (Å²) in [7, 11) is 1.87. The number of aryl methyl sites for hydroxylation is 1. The Labute approximate surface area is 200 Å². The van der Waals surface area contributed by atoms with Gasteiger partial charge >= 0.3 is 0 Å². The molecule has 5 rings (SSSR count). The fourth-order valence-electron chi connectivity index (χ4n) is 3.86. The predicted octanol–water partition coefficient (Wildman–Crippen LogP) is 4.92. The molecule has 0 bridgehead atoms. The first-order valence-electron chi connectivity index (χ1n) is 11.1. The second-order valence-electron chi connectivity index (χ2n) is 9.11. The van der Waals surface area contributed by atoms with Crippen LogP contribution in [0.4, 0.5) is 14.6 Å². The van der Waals surface area contributed by atoms with E-state index in [-0.39, 0.29) is 12.1 Å². The molecule has 0 atom stereocenters. The van der Waals surface area contributed by atoms with Gasteiger partial charge in [0.15, 0.2) is 0 Å². The number of imidazole rings is 1. The Kier molecular flexibility index (Phi) is 5.56. The Bertz CT molecular complexity index is 1530. The number of benzene rings is 1. The standard InChI is InChI=1S/C26H24F2N6O/c1-26(2,35)15-30-24-9-17(8-22(32-24)20-5-4-19(27)11-21(20)28)23-13-29-25-10-16(6-7-34(23)25)18-12-31-33(3)14-18/h4-14,35H,15H2,1-3H3,(H,30,32). The number of aliphatic hydroxyl groups is 1. The molecule has 0 saturated heterocycles. The summed E-state index contributed by atoms with van der Waals surface area (Å²) in [4.78, 5) is 9.09. The second-order valence-corrected chi connectivity index (χ2v) is 9.11. The van der Waals surface area contributed by atoms with Crippen molar-refractivity contribution in [3.63, 3.8) is 0 Å². The van der Waals surface area contributed by atoms with Gasteiger partial charge in [0.2, 0.25) is 0 Å². The smallest absolute Gasteiger partial charge is 0.137 e. The van der Waals surface area contributed by atoms with Crippen LogP contribution in [0, 0.1) is 11.6 Å². The largest absolute Gasteiger partial charge is 0.389 e. The highest BCUT2D eigenvalue weighted by Gasteiger charge is 2.17. The van der Waals surface area contributed by atoms with Crippen LogP contribution in [0.5, 0.6) is 0 Å². The molecule has 7 nitrogen and oxygen atoms in total. The Morgan fingerprint density at radius 2 is 1.83 bits per heavy atom. The number of rotatable bonds is 6. The van der Waals surface area contributed by atoms with Gasteiger partial charge in [0.25, 0.3) is 0 Å². The molecule has 0 aliphatic carbocycles. The average molecular weight is 475 g/mol. The van der Waals surface area contributed by atoms with E-state index in [4.69, 9.17) is 0 Å². The molecule has 0 spiro atoms. The molecule has 4 aromatic heterocycles. The summed E-state index contributed by atoms with van der Waals surface area (Å²) < 4.78 is 31.8. The van der Waals surface area contributed by atoms with Crippen LogP contribution in [0.2, 0.25) is 0 Å². The van der Waals surface area contributed by atoms with Crippen LogP contribution in [0.15, 0.2) is 67.3 Å². The molecular weight excluding hydrogens is 450 g/mol. The lowest BCUT2D eigenvalue weighted by Crippen LogP contribution is -2.29. The zero-order chi connectivity index (χ0) is 24.7. The van der Waals surface area contributed by atoms with Crippen molar-refractivity contribution in [2.75, 3.05) is 11.9 Å². The van der Waals surface area contributed by atoms with Gasteiger partial charge in [-0.1, -0.05) is 0 Å². The highest BCUT2D eigenvalue weighted by molar-refractivity contribution is 5.75. The third-order valence-electron chi connectivity index (χ3n) is 5.58. The van der Waals surface area contributed by atoms with Gasteiger partial charge in [-0.05, 0) is 55.8 Å². The van der Waals surface area contributed by atoms with Crippen LogP contribution in [0.25, 0.3) is 39.3 Å². The summed E-state index contributed by atoms with van der Waals surface area (Å²) in [6.07, 6.45) is 7.39. The van der Waals surface area contributed by atoms with E-state index >= 15 is 0 Å². The normalized spacial score (nSPS) is 11.8. The van der Waals surface area contributed by atoms with Gasteiger partial charge in [-0.25, -0.2) is 18.7 Å². The monoisotopic (exact) mass is 474 g/mol.